The van der Waals surface area contributed by atoms with E-state index in [1.807, 2.05) is 6.07 Å². The van der Waals surface area contributed by atoms with E-state index in [2.05, 4.69) is 0 Å². The number of non-ortho nitro benzene ring substituents is 1. The van der Waals surface area contributed by atoms with E-state index >= 15 is 0 Å². The first-order chi connectivity index (χ1) is 16.7. The normalized spacial score (nSPS) is 11.1. The molecule has 0 radical (unpaired) electrons. The summed E-state index contributed by atoms with van der Waals surface area (Å²) in [5.74, 6) is -1.15. The Morgan fingerprint density at radius 1 is 1.00 bits per heavy atom. The molecule has 0 saturated carbocycles. The summed E-state index contributed by atoms with van der Waals surface area (Å²) in [6.07, 6.45) is 0. The SMILES string of the molecule is N#Cc1c(-c2ccc(Cl)cc2)c(C(=O)c2ccccc2)n(S(=O)(=O)c2ccc([N+](=O)[O-])cc2)c1N. The summed E-state index contributed by atoms with van der Waals surface area (Å²) < 4.78 is 28.0. The van der Waals surface area contributed by atoms with Crippen LogP contribution in [0.3, 0.4) is 0 Å². The molecule has 4 rings (SSSR count). The largest absolute Gasteiger partial charge is 0.383 e. The molecule has 2 N–H and O–H groups in total. The molecule has 9 nitrogen and oxygen atoms in total. The van der Waals surface area contributed by atoms with E-state index in [1.165, 1.54) is 24.3 Å². The zero-order chi connectivity index (χ0) is 25.3. The number of halogens is 1. The Balaban J connectivity index is 2.07. The molecule has 1 aromatic heterocycles. The van der Waals surface area contributed by atoms with Gasteiger partial charge in [0.25, 0.3) is 15.7 Å². The Bertz CT molecular complexity index is 1610. The van der Waals surface area contributed by atoms with Crippen molar-refractivity contribution in [3.8, 4) is 17.2 Å². The number of aromatic nitrogens is 1. The molecule has 0 bridgehead atoms. The number of benzene rings is 3. The number of anilines is 1. The summed E-state index contributed by atoms with van der Waals surface area (Å²) in [6, 6.07) is 20.1. The van der Waals surface area contributed by atoms with Crippen molar-refractivity contribution >= 4 is 38.9 Å². The minimum absolute atomic E-state index is 0.0287. The van der Waals surface area contributed by atoms with E-state index in [1.54, 1.807) is 30.3 Å². The summed E-state index contributed by atoms with van der Waals surface area (Å²) in [5.41, 5.74) is 5.86. The van der Waals surface area contributed by atoms with Crippen LogP contribution in [0.15, 0.2) is 83.8 Å². The molecule has 0 unspecified atom stereocenters. The van der Waals surface area contributed by atoms with Crippen molar-refractivity contribution in [3.63, 3.8) is 0 Å². The third-order valence-corrected chi connectivity index (χ3v) is 7.23. The summed E-state index contributed by atoms with van der Waals surface area (Å²) in [6.45, 7) is 0. The number of nitro benzene ring substituents is 1. The number of ketones is 1. The molecule has 0 aliphatic heterocycles. The topological polar surface area (TPSA) is 149 Å². The summed E-state index contributed by atoms with van der Waals surface area (Å²) >= 11 is 5.99. The van der Waals surface area contributed by atoms with Gasteiger partial charge in [-0.3, -0.25) is 14.9 Å². The van der Waals surface area contributed by atoms with Crippen molar-refractivity contribution in [2.75, 3.05) is 5.73 Å². The molecule has 0 amide bonds. The zero-order valence-electron chi connectivity index (χ0n) is 17.8. The van der Waals surface area contributed by atoms with Crippen LogP contribution in [0, 0.1) is 21.4 Å². The lowest BCUT2D eigenvalue weighted by molar-refractivity contribution is -0.384. The highest BCUT2D eigenvalue weighted by molar-refractivity contribution is 7.90. The van der Waals surface area contributed by atoms with Crippen molar-refractivity contribution in [1.82, 2.24) is 3.97 Å². The molecular formula is C24H15ClN4O5S. The van der Waals surface area contributed by atoms with Crippen LogP contribution < -0.4 is 5.73 Å². The van der Waals surface area contributed by atoms with E-state index in [-0.39, 0.29) is 33.0 Å². The van der Waals surface area contributed by atoms with Gasteiger partial charge in [-0.25, -0.2) is 12.4 Å². The molecule has 0 aliphatic rings. The maximum absolute atomic E-state index is 13.7. The van der Waals surface area contributed by atoms with Gasteiger partial charge in [0.15, 0.2) is 0 Å². The number of rotatable bonds is 6. The van der Waals surface area contributed by atoms with Gasteiger partial charge in [-0.2, -0.15) is 5.26 Å². The molecule has 3 aromatic carbocycles. The highest BCUT2D eigenvalue weighted by atomic mass is 35.5. The van der Waals surface area contributed by atoms with Gasteiger partial charge >= 0.3 is 0 Å². The lowest BCUT2D eigenvalue weighted by Gasteiger charge is -2.13. The first-order valence-electron chi connectivity index (χ1n) is 9.96. The third kappa shape index (κ3) is 4.14. The van der Waals surface area contributed by atoms with Gasteiger partial charge < -0.3 is 5.73 Å². The van der Waals surface area contributed by atoms with Crippen LogP contribution in [0.2, 0.25) is 5.02 Å². The first-order valence-corrected chi connectivity index (χ1v) is 11.8. The molecule has 0 fully saturated rings. The Labute approximate surface area is 204 Å². The number of hydrogen-bond acceptors (Lipinski definition) is 7. The molecule has 4 aromatic rings. The van der Waals surface area contributed by atoms with Crippen LogP contribution in [-0.4, -0.2) is 23.1 Å². The van der Waals surface area contributed by atoms with Crippen LogP contribution in [0.1, 0.15) is 21.6 Å². The predicted octanol–water partition coefficient (Wildman–Crippen LogP) is 4.64. The minimum Gasteiger partial charge on any atom is -0.383 e. The fraction of sp³-hybridized carbons (Fsp3) is 0. The van der Waals surface area contributed by atoms with Crippen molar-refractivity contribution < 1.29 is 18.1 Å². The molecular weight excluding hydrogens is 492 g/mol. The van der Waals surface area contributed by atoms with Crippen LogP contribution >= 0.6 is 11.6 Å². The van der Waals surface area contributed by atoms with Crippen LogP contribution in [0.4, 0.5) is 11.5 Å². The molecule has 0 atom stereocenters. The smallest absolute Gasteiger partial charge is 0.270 e. The fourth-order valence-corrected chi connectivity index (χ4v) is 5.19. The highest BCUT2D eigenvalue weighted by Crippen LogP contribution is 2.38. The second-order valence-corrected chi connectivity index (χ2v) is 9.54. The minimum atomic E-state index is -4.55. The average molecular weight is 507 g/mol. The van der Waals surface area contributed by atoms with Crippen LogP contribution in [-0.2, 0) is 10.0 Å². The van der Waals surface area contributed by atoms with Crippen LogP contribution in [0.5, 0.6) is 0 Å². The van der Waals surface area contributed by atoms with Gasteiger partial charge in [-0.15, -0.1) is 0 Å². The Kier molecular flexibility index (Phi) is 6.13. The van der Waals surface area contributed by atoms with E-state index in [9.17, 15) is 28.6 Å². The number of carbonyl (C=O) groups is 1. The summed E-state index contributed by atoms with van der Waals surface area (Å²) in [7, 11) is -4.55. The van der Waals surface area contributed by atoms with Gasteiger partial charge in [-0.05, 0) is 29.8 Å². The summed E-state index contributed by atoms with van der Waals surface area (Å²) in [5, 5.41) is 21.3. The Morgan fingerprint density at radius 2 is 1.60 bits per heavy atom. The number of hydrogen-bond donors (Lipinski definition) is 1. The van der Waals surface area contributed by atoms with Gasteiger partial charge in [0.2, 0.25) is 5.78 Å². The molecule has 0 saturated heterocycles. The first kappa shape index (κ1) is 23.7. The summed E-state index contributed by atoms with van der Waals surface area (Å²) in [4.78, 5) is 23.6. The Hall–Kier alpha value is -4.46. The maximum atomic E-state index is 13.7. The number of nitrogen functional groups attached to an aromatic ring is 1. The molecule has 35 heavy (non-hydrogen) atoms. The van der Waals surface area contributed by atoms with Crippen LogP contribution in [0.25, 0.3) is 11.1 Å². The number of nitrogens with zero attached hydrogens (tertiary/aromatic N) is 3. The molecule has 174 valence electrons. The lowest BCUT2D eigenvalue weighted by Crippen LogP contribution is -2.21. The van der Waals surface area contributed by atoms with Gasteiger partial charge in [0.1, 0.15) is 23.1 Å². The second-order valence-electron chi connectivity index (χ2n) is 7.32. The fourth-order valence-electron chi connectivity index (χ4n) is 3.61. The number of nitriles is 1. The maximum Gasteiger partial charge on any atom is 0.270 e. The standard InChI is InChI=1S/C24H15ClN4O5S/c25-17-8-6-15(7-9-17)21-20(14-26)24(27)28(22(21)23(30)16-4-2-1-3-5-16)35(33,34)19-12-10-18(11-13-19)29(31)32/h1-13H,27H2. The third-order valence-electron chi connectivity index (χ3n) is 5.25. The van der Waals surface area contributed by atoms with Gasteiger partial charge in [-0.1, -0.05) is 54.1 Å². The van der Waals surface area contributed by atoms with E-state index in [0.29, 0.717) is 14.6 Å². The quantitative estimate of drug-likeness (QED) is 0.227. The molecule has 0 aliphatic carbocycles. The predicted molar refractivity (Wildman–Crippen MR) is 130 cm³/mol. The number of nitrogens with two attached hydrogens (primary N) is 1. The van der Waals surface area contributed by atoms with Crippen molar-refractivity contribution in [2.24, 2.45) is 0 Å². The number of nitro groups is 1. The van der Waals surface area contributed by atoms with Crippen molar-refractivity contribution in [1.29, 1.82) is 5.26 Å². The highest BCUT2D eigenvalue weighted by Gasteiger charge is 2.34. The number of carbonyl (C=O) groups excluding carboxylic acids is 1. The monoisotopic (exact) mass is 506 g/mol. The zero-order valence-corrected chi connectivity index (χ0v) is 19.3. The van der Waals surface area contributed by atoms with Gasteiger partial charge in [0, 0.05) is 28.3 Å². The van der Waals surface area contributed by atoms with Gasteiger partial charge in [0.05, 0.1) is 9.82 Å². The van der Waals surface area contributed by atoms with E-state index in [4.69, 9.17) is 17.3 Å². The molecule has 1 heterocycles. The molecule has 0 spiro atoms. The second kappa shape index (κ2) is 9.06. The van der Waals surface area contributed by atoms with Crippen molar-refractivity contribution in [3.05, 3.63) is 111 Å². The van der Waals surface area contributed by atoms with E-state index < -0.39 is 26.5 Å². The lowest BCUT2D eigenvalue weighted by atomic mass is 9.97. The molecule has 11 heteroatoms. The average Bonchev–Trinajstić information content (AvgIpc) is 3.17. The van der Waals surface area contributed by atoms with Crippen molar-refractivity contribution in [2.45, 2.75) is 4.90 Å². The Morgan fingerprint density at radius 3 is 2.14 bits per heavy atom. The van der Waals surface area contributed by atoms with E-state index in [0.717, 1.165) is 24.3 Å².